The van der Waals surface area contributed by atoms with Crippen molar-refractivity contribution in [1.29, 1.82) is 0 Å². The van der Waals surface area contributed by atoms with Crippen molar-refractivity contribution >= 4 is 57.9 Å². The number of allylic oxidation sites excluding steroid dienone is 4. The van der Waals surface area contributed by atoms with E-state index in [9.17, 15) is 9.59 Å². The summed E-state index contributed by atoms with van der Waals surface area (Å²) in [6.45, 7) is 0. The number of aromatic nitrogens is 4. The third-order valence-corrected chi connectivity index (χ3v) is 17.8. The third-order valence-electron chi connectivity index (χ3n) is 17.8. The minimum Gasteiger partial charge on any atom is -0.355 e. The fraction of sp³-hybridized carbons (Fsp3) is 0.435. The zero-order valence-corrected chi connectivity index (χ0v) is 29.3. The largest absolute Gasteiger partial charge is 0.355 e. The maximum Gasteiger partial charge on any atom is 0.182 e. The topological polar surface area (TPSA) is 91.5 Å². The minimum absolute atomic E-state index is 0.00703. The molecular formula is C46H40N4O2. The molecule has 0 spiro atoms. The number of hydrogen-bond acceptors (Lipinski definition) is 4. The maximum absolute atomic E-state index is 12.6. The second-order valence-corrected chi connectivity index (χ2v) is 20.1. The Morgan fingerprint density at radius 3 is 1.37 bits per heavy atom. The van der Waals surface area contributed by atoms with Gasteiger partial charge in [-0.3, -0.25) is 9.59 Å². The Hall–Kier alpha value is -4.58. The SMILES string of the molecule is O=C1C=CC(=O)C(C23CC(C45CC(C67CC(C89CC(c%10c%11nc(cc%12ccc(cc%13ccc(cc%14nc%10C=C%14)[nH]%13)[nH]%12)C=C%11)(C8)C9)(C6)C7)(C4)C5)(C2)C3)=C1. The van der Waals surface area contributed by atoms with Gasteiger partial charge in [0.25, 0.3) is 0 Å². The van der Waals surface area contributed by atoms with E-state index in [0.29, 0.717) is 32.5 Å². The van der Waals surface area contributed by atoms with Gasteiger partial charge in [0, 0.05) is 44.0 Å². The van der Waals surface area contributed by atoms with Gasteiger partial charge in [0.1, 0.15) is 0 Å². The molecule has 52 heavy (non-hydrogen) atoms. The lowest BCUT2D eigenvalue weighted by Crippen LogP contribution is -2.89. The molecular weight excluding hydrogens is 641 g/mol. The number of hydrogen-bond donors (Lipinski definition) is 2. The smallest absolute Gasteiger partial charge is 0.182 e. The first-order valence-corrected chi connectivity index (χ1v) is 19.7. The van der Waals surface area contributed by atoms with Crippen LogP contribution < -0.4 is 0 Å². The van der Waals surface area contributed by atoms with Gasteiger partial charge in [-0.15, -0.1) is 0 Å². The van der Waals surface area contributed by atoms with Crippen LogP contribution in [0.15, 0.2) is 66.3 Å². The van der Waals surface area contributed by atoms with E-state index in [4.69, 9.17) is 9.97 Å². The second kappa shape index (κ2) is 8.00. The van der Waals surface area contributed by atoms with Gasteiger partial charge in [-0.25, -0.2) is 9.97 Å². The fourth-order valence-corrected chi connectivity index (χ4v) is 15.6. The molecule has 3 aromatic rings. The number of carbonyl (C=O) groups is 2. The highest BCUT2D eigenvalue weighted by Gasteiger charge is 2.94. The van der Waals surface area contributed by atoms with Crippen LogP contribution in [0.2, 0.25) is 0 Å². The summed E-state index contributed by atoms with van der Waals surface area (Å²) in [7, 11) is 0. The van der Waals surface area contributed by atoms with Crippen LogP contribution in [0.1, 0.15) is 105 Å². The summed E-state index contributed by atoms with van der Waals surface area (Å²) in [6.07, 6.45) is 29.5. The average molecular weight is 681 g/mol. The number of H-pyrrole nitrogens is 2. The van der Waals surface area contributed by atoms with Gasteiger partial charge in [-0.05, 0) is 195 Å². The molecule has 2 N–H and O–H groups in total. The lowest BCUT2D eigenvalue weighted by atomic mass is 9.07. The van der Waals surface area contributed by atoms with Crippen molar-refractivity contribution in [3.8, 4) is 0 Å². The number of ketones is 2. The maximum atomic E-state index is 12.6. The monoisotopic (exact) mass is 680 g/mol. The predicted molar refractivity (Wildman–Crippen MR) is 200 cm³/mol. The molecule has 3 aromatic heterocycles. The Morgan fingerprint density at radius 2 is 0.885 bits per heavy atom. The van der Waals surface area contributed by atoms with E-state index < -0.39 is 0 Å². The van der Waals surface area contributed by atoms with Crippen LogP contribution in [-0.4, -0.2) is 31.5 Å². The molecule has 256 valence electrons. The lowest BCUT2D eigenvalue weighted by molar-refractivity contribution is -0.472. The highest BCUT2D eigenvalue weighted by atomic mass is 16.1. The number of nitrogens with one attached hydrogen (secondary N) is 2. The molecule has 2 aliphatic heterocycles. The summed E-state index contributed by atoms with van der Waals surface area (Å²) in [5.74, 6) is 0.0769. The van der Waals surface area contributed by atoms with Crippen molar-refractivity contribution in [3.63, 3.8) is 0 Å². The molecule has 18 rings (SSSR count). The zero-order chi connectivity index (χ0) is 34.1. The Bertz CT molecular complexity index is 2470. The molecule has 0 aromatic carbocycles. The van der Waals surface area contributed by atoms with Crippen LogP contribution in [-0.2, 0) is 15.0 Å². The Labute approximate surface area is 301 Å². The highest BCUT2D eigenvalue weighted by molar-refractivity contribution is 6.18. The van der Waals surface area contributed by atoms with Crippen molar-refractivity contribution in [1.82, 2.24) is 19.9 Å². The molecule has 6 heteroatoms. The van der Waals surface area contributed by atoms with E-state index in [2.05, 4.69) is 76.7 Å². The van der Waals surface area contributed by atoms with Crippen LogP contribution in [0.25, 0.3) is 46.4 Å². The molecule has 0 radical (unpaired) electrons. The summed E-state index contributed by atoms with van der Waals surface area (Å²) in [5.41, 5.74) is 14.2. The van der Waals surface area contributed by atoms with Crippen LogP contribution in [0.4, 0.5) is 0 Å². The van der Waals surface area contributed by atoms with Crippen molar-refractivity contribution in [3.05, 3.63) is 94.6 Å². The lowest BCUT2D eigenvalue weighted by Gasteiger charge is -2.97. The normalized spacial score (nSPS) is 44.2. The number of carbonyl (C=O) groups excluding carboxylic acids is 2. The molecule has 13 aliphatic carbocycles. The Kier molecular flexibility index (Phi) is 4.31. The molecule has 6 nitrogen and oxygen atoms in total. The summed E-state index contributed by atoms with van der Waals surface area (Å²) in [6, 6.07) is 14.9. The summed E-state index contributed by atoms with van der Waals surface area (Å²) < 4.78 is 0. The van der Waals surface area contributed by atoms with Crippen LogP contribution in [0, 0.1) is 37.9 Å². The number of nitrogens with zero attached hydrogens (tertiary/aromatic N) is 2. The van der Waals surface area contributed by atoms with E-state index in [1.54, 1.807) is 6.08 Å². The Balaban J connectivity index is 0.721. The second-order valence-electron chi connectivity index (χ2n) is 20.1. The first-order valence-electron chi connectivity index (χ1n) is 19.7. The Morgan fingerprint density at radius 1 is 0.462 bits per heavy atom. The standard InChI is InChI=1S/C46H40N4O2/c51-33-7-10-37(52)34(14-33)39-15-41(16-39,17-39)43-21-45(22-43,23-43)46-24-44(25-46,26-46)42-18-40(19-42,20-42)38-35-8-5-31(49-35)12-29-3-1-27(47-29)11-28-2-4-30(48-28)13-32-6-9-36(38)50-32/h1-14,47-48H,15-26H2. The minimum atomic E-state index is -0.00703. The van der Waals surface area contributed by atoms with E-state index in [1.165, 1.54) is 75.5 Å². The van der Waals surface area contributed by atoms with Gasteiger partial charge >= 0.3 is 0 Å². The number of fused-ring (bicyclic) bond motifs is 8. The molecule has 12 saturated carbocycles. The van der Waals surface area contributed by atoms with Gasteiger partial charge < -0.3 is 9.97 Å². The van der Waals surface area contributed by atoms with Gasteiger partial charge in [0.2, 0.25) is 0 Å². The van der Waals surface area contributed by atoms with Gasteiger partial charge in [-0.1, -0.05) is 0 Å². The van der Waals surface area contributed by atoms with Crippen LogP contribution in [0.3, 0.4) is 0 Å². The van der Waals surface area contributed by atoms with Gasteiger partial charge in [0.05, 0.1) is 22.8 Å². The first kappa shape index (κ1) is 28.0. The van der Waals surface area contributed by atoms with Crippen molar-refractivity contribution in [2.75, 3.05) is 0 Å². The average Bonchev–Trinajstić information content (AvgIpc) is 3.77. The summed E-state index contributed by atoms with van der Waals surface area (Å²) in [5, 5.41) is 0. The molecule has 15 aliphatic rings. The van der Waals surface area contributed by atoms with E-state index in [0.717, 1.165) is 69.7 Å². The number of aromatic amines is 2. The van der Waals surface area contributed by atoms with Crippen molar-refractivity contribution < 1.29 is 9.59 Å². The molecule has 0 amide bonds. The van der Waals surface area contributed by atoms with E-state index >= 15 is 0 Å². The zero-order valence-electron chi connectivity index (χ0n) is 29.3. The van der Waals surface area contributed by atoms with Crippen LogP contribution >= 0.6 is 0 Å². The fourth-order valence-electron chi connectivity index (χ4n) is 15.6. The van der Waals surface area contributed by atoms with Crippen molar-refractivity contribution in [2.24, 2.45) is 37.9 Å². The first-order chi connectivity index (χ1) is 25.1. The quantitative estimate of drug-likeness (QED) is 0.181. The summed E-state index contributed by atoms with van der Waals surface area (Å²) >= 11 is 0. The van der Waals surface area contributed by atoms with Crippen LogP contribution in [0.5, 0.6) is 0 Å². The molecule has 0 atom stereocenters. The van der Waals surface area contributed by atoms with Gasteiger partial charge in [-0.2, -0.15) is 0 Å². The number of rotatable bonds is 5. The molecule has 16 bridgehead atoms. The van der Waals surface area contributed by atoms with E-state index in [-0.39, 0.29) is 22.4 Å². The molecule has 0 saturated heterocycles. The molecule has 0 unspecified atom stereocenters. The highest BCUT2D eigenvalue weighted by Crippen LogP contribution is 3.02. The molecule has 12 fully saturated rings. The third kappa shape index (κ3) is 2.91. The predicted octanol–water partition coefficient (Wildman–Crippen LogP) is 9.22. The summed E-state index contributed by atoms with van der Waals surface area (Å²) in [4.78, 5) is 42.2. The van der Waals surface area contributed by atoms with Crippen molar-refractivity contribution in [2.45, 2.75) is 82.5 Å². The van der Waals surface area contributed by atoms with E-state index in [1.807, 2.05) is 0 Å². The van der Waals surface area contributed by atoms with Gasteiger partial charge in [0.15, 0.2) is 11.6 Å². The molecule has 5 heterocycles.